The van der Waals surface area contributed by atoms with E-state index in [0.29, 0.717) is 18.2 Å². The van der Waals surface area contributed by atoms with E-state index in [1.807, 2.05) is 19.1 Å². The van der Waals surface area contributed by atoms with E-state index < -0.39 is 12.8 Å². The Balaban J connectivity index is 1.80. The second kappa shape index (κ2) is 10.7. The fourth-order valence-electron chi connectivity index (χ4n) is 2.77. The van der Waals surface area contributed by atoms with Crippen LogP contribution in [-0.4, -0.2) is 55.9 Å². The third-order valence-corrected chi connectivity index (χ3v) is 4.70. The summed E-state index contributed by atoms with van der Waals surface area (Å²) in [6.45, 7) is 5.01. The molecule has 1 aliphatic rings. The Labute approximate surface area is 165 Å². The van der Waals surface area contributed by atoms with E-state index in [2.05, 4.69) is 39.2 Å². The van der Waals surface area contributed by atoms with Crippen LogP contribution in [0.1, 0.15) is 37.8 Å². The Hall–Kier alpha value is -1.80. The molecule has 0 bridgehead atoms. The predicted molar refractivity (Wildman–Crippen MR) is 105 cm³/mol. The van der Waals surface area contributed by atoms with Gasteiger partial charge in [0.2, 0.25) is 0 Å². The molecule has 5 nitrogen and oxygen atoms in total. The zero-order valence-electron chi connectivity index (χ0n) is 16.9. The van der Waals surface area contributed by atoms with Gasteiger partial charge < -0.3 is 15.4 Å². The first-order valence-electron chi connectivity index (χ1n) is 9.75. The molecule has 0 spiro atoms. The van der Waals surface area contributed by atoms with Gasteiger partial charge in [0.15, 0.2) is 5.96 Å². The summed E-state index contributed by atoms with van der Waals surface area (Å²) >= 11 is 0. The minimum Gasteiger partial charge on any atom is -0.367 e. The minimum absolute atomic E-state index is 0.0559. The molecule has 0 amide bonds. The van der Waals surface area contributed by atoms with E-state index >= 15 is 0 Å². The maximum absolute atomic E-state index is 12.1. The van der Waals surface area contributed by atoms with Gasteiger partial charge in [0.25, 0.3) is 0 Å². The van der Waals surface area contributed by atoms with E-state index in [9.17, 15) is 13.2 Å². The van der Waals surface area contributed by atoms with Gasteiger partial charge in [-0.25, -0.2) is 4.99 Å². The lowest BCUT2D eigenvalue weighted by atomic mass is 10.1. The standard InChI is InChI=1S/C20H31F3N4O/c1-4-24-19(25-11-15(2)27(3)18-9-10-18)26-12-16-5-7-17(8-6-16)13-28-14-20(21,22)23/h5-8,15,18H,4,9-14H2,1-3H3,(H2,24,25,26). The number of rotatable bonds is 10. The maximum atomic E-state index is 12.1. The Kier molecular flexibility index (Phi) is 8.57. The van der Waals surface area contributed by atoms with Gasteiger partial charge in [0.05, 0.1) is 13.2 Å². The largest absolute Gasteiger partial charge is 0.411 e. The highest BCUT2D eigenvalue weighted by molar-refractivity contribution is 5.79. The molecule has 1 fully saturated rings. The zero-order chi connectivity index (χ0) is 20.6. The van der Waals surface area contributed by atoms with Crippen LogP contribution in [0.5, 0.6) is 0 Å². The lowest BCUT2D eigenvalue weighted by molar-refractivity contribution is -0.176. The molecule has 1 aliphatic carbocycles. The first kappa shape index (κ1) is 22.5. The number of likely N-dealkylation sites (N-methyl/N-ethyl adjacent to an activating group) is 1. The molecule has 158 valence electrons. The smallest absolute Gasteiger partial charge is 0.367 e. The fraction of sp³-hybridized carbons (Fsp3) is 0.650. The van der Waals surface area contributed by atoms with Gasteiger partial charge in [-0.05, 0) is 44.9 Å². The van der Waals surface area contributed by atoms with Gasteiger partial charge in [-0.1, -0.05) is 24.3 Å². The van der Waals surface area contributed by atoms with E-state index in [4.69, 9.17) is 0 Å². The highest BCUT2D eigenvalue weighted by Crippen LogP contribution is 2.26. The van der Waals surface area contributed by atoms with Crippen molar-refractivity contribution in [2.24, 2.45) is 4.99 Å². The van der Waals surface area contributed by atoms with Crippen molar-refractivity contribution >= 4 is 5.96 Å². The summed E-state index contributed by atoms with van der Waals surface area (Å²) in [6.07, 6.45) is -1.73. The van der Waals surface area contributed by atoms with Crippen molar-refractivity contribution in [3.05, 3.63) is 35.4 Å². The number of ether oxygens (including phenoxy) is 1. The highest BCUT2D eigenvalue weighted by Gasteiger charge is 2.29. The van der Waals surface area contributed by atoms with Gasteiger partial charge in [0.1, 0.15) is 6.61 Å². The Morgan fingerprint density at radius 3 is 2.43 bits per heavy atom. The van der Waals surface area contributed by atoms with Crippen molar-refractivity contribution in [3.8, 4) is 0 Å². The van der Waals surface area contributed by atoms with E-state index in [1.165, 1.54) is 12.8 Å². The second-order valence-corrected chi connectivity index (χ2v) is 7.25. The van der Waals surface area contributed by atoms with Crippen LogP contribution in [0.2, 0.25) is 0 Å². The number of nitrogens with one attached hydrogen (secondary N) is 2. The predicted octanol–water partition coefficient (Wildman–Crippen LogP) is 3.30. The van der Waals surface area contributed by atoms with Crippen LogP contribution in [0.4, 0.5) is 13.2 Å². The molecule has 1 atom stereocenters. The van der Waals surface area contributed by atoms with Crippen LogP contribution < -0.4 is 10.6 Å². The van der Waals surface area contributed by atoms with E-state index in [0.717, 1.165) is 30.7 Å². The molecule has 8 heteroatoms. The lowest BCUT2D eigenvalue weighted by Crippen LogP contribution is -2.45. The van der Waals surface area contributed by atoms with Crippen molar-refractivity contribution in [1.82, 2.24) is 15.5 Å². The van der Waals surface area contributed by atoms with Gasteiger partial charge in [-0.2, -0.15) is 13.2 Å². The van der Waals surface area contributed by atoms with Crippen LogP contribution in [0.15, 0.2) is 29.3 Å². The van der Waals surface area contributed by atoms with Gasteiger partial charge >= 0.3 is 6.18 Å². The molecule has 0 radical (unpaired) electrons. The van der Waals surface area contributed by atoms with Crippen LogP contribution in [-0.2, 0) is 17.9 Å². The third kappa shape index (κ3) is 8.48. The SMILES string of the molecule is CCNC(=NCc1ccc(COCC(F)(F)F)cc1)NCC(C)N(C)C1CC1. The summed E-state index contributed by atoms with van der Waals surface area (Å²) in [5, 5.41) is 6.62. The van der Waals surface area contributed by atoms with Crippen LogP contribution >= 0.6 is 0 Å². The minimum atomic E-state index is -4.30. The van der Waals surface area contributed by atoms with Gasteiger partial charge in [-0.3, -0.25) is 4.90 Å². The maximum Gasteiger partial charge on any atom is 0.411 e. The molecule has 1 aromatic rings. The first-order chi connectivity index (χ1) is 13.3. The first-order valence-corrected chi connectivity index (χ1v) is 9.75. The number of halogens is 3. The van der Waals surface area contributed by atoms with Gasteiger partial charge in [-0.15, -0.1) is 0 Å². The van der Waals surface area contributed by atoms with Crippen molar-refractivity contribution in [3.63, 3.8) is 0 Å². The Bertz CT molecular complexity index is 615. The molecule has 0 saturated heterocycles. The number of benzene rings is 1. The number of hydrogen-bond acceptors (Lipinski definition) is 3. The summed E-state index contributed by atoms with van der Waals surface area (Å²) in [5.74, 6) is 0.760. The number of alkyl halides is 3. The van der Waals surface area contributed by atoms with Crippen molar-refractivity contribution in [1.29, 1.82) is 0 Å². The van der Waals surface area contributed by atoms with Crippen molar-refractivity contribution < 1.29 is 17.9 Å². The second-order valence-electron chi connectivity index (χ2n) is 7.25. The quantitative estimate of drug-likeness (QED) is 0.467. The highest BCUT2D eigenvalue weighted by atomic mass is 19.4. The van der Waals surface area contributed by atoms with Crippen LogP contribution in [0.25, 0.3) is 0 Å². The molecular formula is C20H31F3N4O. The van der Waals surface area contributed by atoms with Crippen LogP contribution in [0, 0.1) is 0 Å². The Morgan fingerprint density at radius 1 is 1.21 bits per heavy atom. The molecule has 2 N–H and O–H groups in total. The average Bonchev–Trinajstić information content (AvgIpc) is 3.48. The molecule has 0 aromatic heterocycles. The molecule has 1 unspecified atom stereocenters. The van der Waals surface area contributed by atoms with Crippen molar-refractivity contribution in [2.75, 3.05) is 26.7 Å². The normalized spacial score (nSPS) is 16.3. The molecule has 0 heterocycles. The fourth-order valence-corrected chi connectivity index (χ4v) is 2.77. The summed E-state index contributed by atoms with van der Waals surface area (Å²) in [4.78, 5) is 6.99. The molecule has 0 aliphatic heterocycles. The third-order valence-electron chi connectivity index (χ3n) is 4.70. The summed E-state index contributed by atoms with van der Waals surface area (Å²) in [6, 6.07) is 8.41. The Morgan fingerprint density at radius 2 is 1.86 bits per heavy atom. The molecule has 28 heavy (non-hydrogen) atoms. The number of nitrogens with zero attached hydrogens (tertiary/aromatic N) is 2. The summed E-state index contributed by atoms with van der Waals surface area (Å²) in [7, 11) is 2.16. The molecule has 1 aromatic carbocycles. The zero-order valence-corrected chi connectivity index (χ0v) is 16.9. The average molecular weight is 400 g/mol. The molecule has 2 rings (SSSR count). The molecule has 1 saturated carbocycles. The van der Waals surface area contributed by atoms with Crippen LogP contribution in [0.3, 0.4) is 0 Å². The number of hydrogen-bond donors (Lipinski definition) is 2. The molecular weight excluding hydrogens is 369 g/mol. The lowest BCUT2D eigenvalue weighted by Gasteiger charge is -2.25. The number of aliphatic imine (C=N–C) groups is 1. The van der Waals surface area contributed by atoms with E-state index in [1.54, 1.807) is 12.1 Å². The van der Waals surface area contributed by atoms with E-state index in [-0.39, 0.29) is 6.61 Å². The van der Waals surface area contributed by atoms with Gasteiger partial charge in [0, 0.05) is 25.2 Å². The topological polar surface area (TPSA) is 48.9 Å². The summed E-state index contributed by atoms with van der Waals surface area (Å²) < 4.78 is 41.0. The van der Waals surface area contributed by atoms with Crippen molar-refractivity contribution in [2.45, 2.75) is 58.1 Å². The monoisotopic (exact) mass is 400 g/mol. The number of guanidine groups is 1. The summed E-state index contributed by atoms with van der Waals surface area (Å²) in [5.41, 5.74) is 1.69.